The average molecular weight is 338 g/mol. The standard InChI is InChI=1S/C14H16BrN3O2/c1-14(2,3)11-8-12(18-20-11)17-13(19)16-10-6-4-9(15)5-7-10/h4-8H,1-3H3,(H2,16,17,18,19). The summed E-state index contributed by atoms with van der Waals surface area (Å²) < 4.78 is 6.15. The summed E-state index contributed by atoms with van der Waals surface area (Å²) in [4.78, 5) is 11.8. The number of carbonyl (C=O) groups is 1. The summed E-state index contributed by atoms with van der Waals surface area (Å²) in [5.41, 5.74) is 0.556. The molecule has 0 aliphatic rings. The molecular formula is C14H16BrN3O2. The van der Waals surface area contributed by atoms with Gasteiger partial charge < -0.3 is 9.84 Å². The fourth-order valence-electron chi connectivity index (χ4n) is 1.50. The monoisotopic (exact) mass is 337 g/mol. The van der Waals surface area contributed by atoms with Crippen LogP contribution in [0.5, 0.6) is 0 Å². The van der Waals surface area contributed by atoms with Crippen molar-refractivity contribution < 1.29 is 9.32 Å². The maximum absolute atomic E-state index is 11.8. The Hall–Kier alpha value is -1.82. The predicted molar refractivity (Wildman–Crippen MR) is 82.0 cm³/mol. The zero-order valence-corrected chi connectivity index (χ0v) is 13.1. The van der Waals surface area contributed by atoms with Gasteiger partial charge in [-0.1, -0.05) is 41.9 Å². The highest BCUT2D eigenvalue weighted by Crippen LogP contribution is 2.24. The van der Waals surface area contributed by atoms with Crippen LogP contribution in [-0.2, 0) is 5.41 Å². The molecule has 1 aromatic carbocycles. The Morgan fingerprint density at radius 2 is 1.85 bits per heavy atom. The van der Waals surface area contributed by atoms with Crippen molar-refractivity contribution in [2.75, 3.05) is 10.6 Å². The Kier molecular flexibility index (Phi) is 4.13. The molecule has 0 aliphatic carbocycles. The van der Waals surface area contributed by atoms with Gasteiger partial charge in [-0.2, -0.15) is 0 Å². The first-order valence-electron chi connectivity index (χ1n) is 6.15. The first-order valence-corrected chi connectivity index (χ1v) is 6.95. The third kappa shape index (κ3) is 3.84. The molecule has 0 radical (unpaired) electrons. The first-order chi connectivity index (χ1) is 9.34. The minimum atomic E-state index is -0.360. The van der Waals surface area contributed by atoms with E-state index in [0.29, 0.717) is 11.5 Å². The first kappa shape index (κ1) is 14.6. The number of rotatable bonds is 2. The van der Waals surface area contributed by atoms with Gasteiger partial charge in [-0.05, 0) is 24.3 Å². The molecule has 2 aromatic rings. The molecule has 2 rings (SSSR count). The lowest BCUT2D eigenvalue weighted by atomic mass is 9.93. The van der Waals surface area contributed by atoms with E-state index in [0.717, 1.165) is 10.2 Å². The largest absolute Gasteiger partial charge is 0.359 e. The minimum absolute atomic E-state index is 0.144. The molecule has 0 saturated heterocycles. The van der Waals surface area contributed by atoms with Gasteiger partial charge in [0.2, 0.25) is 0 Å². The van der Waals surface area contributed by atoms with Gasteiger partial charge in [-0.25, -0.2) is 4.79 Å². The lowest BCUT2D eigenvalue weighted by molar-refractivity contribution is 0.262. The molecule has 0 aliphatic heterocycles. The van der Waals surface area contributed by atoms with Crippen LogP contribution in [0.15, 0.2) is 39.3 Å². The summed E-state index contributed by atoms with van der Waals surface area (Å²) in [7, 11) is 0. The Bertz CT molecular complexity index is 600. The molecule has 0 fully saturated rings. The number of hydrogen-bond acceptors (Lipinski definition) is 3. The Morgan fingerprint density at radius 1 is 1.20 bits per heavy atom. The molecule has 0 unspecified atom stereocenters. The second kappa shape index (κ2) is 5.66. The minimum Gasteiger partial charge on any atom is -0.359 e. The van der Waals surface area contributed by atoms with Crippen LogP contribution in [0.1, 0.15) is 26.5 Å². The van der Waals surface area contributed by atoms with E-state index in [1.807, 2.05) is 32.9 Å². The van der Waals surface area contributed by atoms with Crippen LogP contribution in [-0.4, -0.2) is 11.2 Å². The van der Waals surface area contributed by atoms with Crippen LogP contribution in [0.3, 0.4) is 0 Å². The molecule has 0 spiro atoms. The highest BCUT2D eigenvalue weighted by atomic mass is 79.9. The maximum atomic E-state index is 11.8. The zero-order chi connectivity index (χ0) is 14.8. The van der Waals surface area contributed by atoms with Crippen LogP contribution >= 0.6 is 15.9 Å². The topological polar surface area (TPSA) is 67.2 Å². The number of aromatic nitrogens is 1. The van der Waals surface area contributed by atoms with E-state index >= 15 is 0 Å². The molecule has 20 heavy (non-hydrogen) atoms. The number of anilines is 2. The lowest BCUT2D eigenvalue weighted by Crippen LogP contribution is -2.19. The second-order valence-electron chi connectivity index (χ2n) is 5.41. The Labute approximate surface area is 125 Å². The number of hydrogen-bond donors (Lipinski definition) is 2. The molecule has 2 amide bonds. The van der Waals surface area contributed by atoms with Crippen molar-refractivity contribution in [3.63, 3.8) is 0 Å². The molecule has 1 aromatic heterocycles. The average Bonchev–Trinajstić information content (AvgIpc) is 2.80. The van der Waals surface area contributed by atoms with E-state index < -0.39 is 0 Å². The van der Waals surface area contributed by atoms with Gasteiger partial charge in [0.1, 0.15) is 5.76 Å². The normalized spacial score (nSPS) is 11.2. The highest BCUT2D eigenvalue weighted by molar-refractivity contribution is 9.10. The smallest absolute Gasteiger partial charge is 0.324 e. The highest BCUT2D eigenvalue weighted by Gasteiger charge is 2.20. The molecular weight excluding hydrogens is 322 g/mol. The van der Waals surface area contributed by atoms with E-state index in [9.17, 15) is 4.79 Å². The van der Waals surface area contributed by atoms with Gasteiger partial charge in [0.25, 0.3) is 0 Å². The molecule has 0 atom stereocenters. The number of halogens is 1. The van der Waals surface area contributed by atoms with Crippen molar-refractivity contribution in [2.24, 2.45) is 0 Å². The van der Waals surface area contributed by atoms with Gasteiger partial charge in [-0.15, -0.1) is 0 Å². The van der Waals surface area contributed by atoms with E-state index in [1.165, 1.54) is 0 Å². The summed E-state index contributed by atoms with van der Waals surface area (Å²) in [5, 5.41) is 9.17. The van der Waals surface area contributed by atoms with Crippen molar-refractivity contribution in [3.05, 3.63) is 40.6 Å². The molecule has 0 bridgehead atoms. The van der Waals surface area contributed by atoms with Gasteiger partial charge >= 0.3 is 6.03 Å². The second-order valence-corrected chi connectivity index (χ2v) is 6.33. The van der Waals surface area contributed by atoms with E-state index in [4.69, 9.17) is 4.52 Å². The molecule has 0 saturated carbocycles. The molecule has 2 N–H and O–H groups in total. The quantitative estimate of drug-likeness (QED) is 0.854. The molecule has 5 nitrogen and oxygen atoms in total. The van der Waals surface area contributed by atoms with Gasteiger partial charge in [0, 0.05) is 21.6 Å². The zero-order valence-electron chi connectivity index (χ0n) is 11.5. The molecule has 6 heteroatoms. The van der Waals surface area contributed by atoms with E-state index in [1.54, 1.807) is 18.2 Å². The van der Waals surface area contributed by atoms with Crippen molar-refractivity contribution in [3.8, 4) is 0 Å². The van der Waals surface area contributed by atoms with Crippen molar-refractivity contribution in [1.29, 1.82) is 0 Å². The maximum Gasteiger partial charge on any atom is 0.324 e. The van der Waals surface area contributed by atoms with Crippen LogP contribution in [0.25, 0.3) is 0 Å². The Balaban J connectivity index is 1.98. The van der Waals surface area contributed by atoms with Crippen LogP contribution in [0.4, 0.5) is 16.3 Å². The SMILES string of the molecule is CC(C)(C)c1cc(NC(=O)Nc2ccc(Br)cc2)no1. The van der Waals surface area contributed by atoms with Crippen LogP contribution in [0, 0.1) is 0 Å². The third-order valence-electron chi connectivity index (χ3n) is 2.59. The number of nitrogens with one attached hydrogen (secondary N) is 2. The number of carbonyl (C=O) groups excluding carboxylic acids is 1. The summed E-state index contributed by atoms with van der Waals surface area (Å²) in [5.74, 6) is 1.11. The molecule has 1 heterocycles. The van der Waals surface area contributed by atoms with Crippen molar-refractivity contribution >= 4 is 33.5 Å². The van der Waals surface area contributed by atoms with Gasteiger partial charge in [0.05, 0.1) is 0 Å². The number of amides is 2. The predicted octanol–water partition coefficient (Wildman–Crippen LogP) is 4.38. The Morgan fingerprint density at radius 3 is 2.40 bits per heavy atom. The summed E-state index contributed by atoms with van der Waals surface area (Å²) >= 11 is 3.34. The number of urea groups is 1. The van der Waals surface area contributed by atoms with Gasteiger partial charge in [-0.3, -0.25) is 5.32 Å². The lowest BCUT2D eigenvalue weighted by Gasteiger charge is -2.12. The van der Waals surface area contributed by atoms with E-state index in [-0.39, 0.29) is 11.4 Å². The van der Waals surface area contributed by atoms with Crippen LogP contribution < -0.4 is 10.6 Å². The number of benzene rings is 1. The van der Waals surface area contributed by atoms with Crippen molar-refractivity contribution in [2.45, 2.75) is 26.2 Å². The van der Waals surface area contributed by atoms with E-state index in [2.05, 4.69) is 31.7 Å². The van der Waals surface area contributed by atoms with Gasteiger partial charge in [0.15, 0.2) is 5.82 Å². The number of nitrogens with zero attached hydrogens (tertiary/aromatic N) is 1. The fraction of sp³-hybridized carbons (Fsp3) is 0.286. The summed E-state index contributed by atoms with van der Waals surface area (Å²) in [6.07, 6.45) is 0. The summed E-state index contributed by atoms with van der Waals surface area (Å²) in [6, 6.07) is 8.66. The molecule has 106 valence electrons. The summed E-state index contributed by atoms with van der Waals surface area (Å²) in [6.45, 7) is 6.04. The third-order valence-corrected chi connectivity index (χ3v) is 3.12. The fourth-order valence-corrected chi connectivity index (χ4v) is 1.76. The van der Waals surface area contributed by atoms with Crippen molar-refractivity contribution in [1.82, 2.24) is 5.16 Å². The van der Waals surface area contributed by atoms with Crippen LogP contribution in [0.2, 0.25) is 0 Å².